The van der Waals surface area contributed by atoms with Crippen molar-refractivity contribution in [3.8, 4) is 17.2 Å². The van der Waals surface area contributed by atoms with Gasteiger partial charge in [-0.15, -0.1) is 0 Å². The standard InChI is InChI=1S/C16H17FO2.C2H6/c1-4-12-6-8-15(16(10-12)18-3)19-14-7-5-11(2)9-13(14)17;1-2/h5-10H,4H2,1-3H3;1-2H3. The lowest BCUT2D eigenvalue weighted by atomic mass is 10.1. The molecule has 0 saturated carbocycles. The predicted molar refractivity (Wildman–Crippen MR) is 84.9 cm³/mol. The Morgan fingerprint density at radius 3 is 2.19 bits per heavy atom. The smallest absolute Gasteiger partial charge is 0.169 e. The van der Waals surface area contributed by atoms with E-state index < -0.39 is 0 Å². The summed E-state index contributed by atoms with van der Waals surface area (Å²) >= 11 is 0. The third-order valence-corrected chi connectivity index (χ3v) is 2.94. The summed E-state index contributed by atoms with van der Waals surface area (Å²) in [6.45, 7) is 7.90. The molecule has 0 fully saturated rings. The molecule has 0 aliphatic rings. The molecule has 0 atom stereocenters. The third kappa shape index (κ3) is 4.48. The average Bonchev–Trinajstić information content (AvgIpc) is 2.52. The van der Waals surface area contributed by atoms with Crippen molar-refractivity contribution in [2.75, 3.05) is 7.11 Å². The van der Waals surface area contributed by atoms with Crippen molar-refractivity contribution >= 4 is 0 Å². The van der Waals surface area contributed by atoms with Crippen LogP contribution in [0.2, 0.25) is 0 Å². The second kappa shape index (κ2) is 8.30. The zero-order valence-corrected chi connectivity index (χ0v) is 13.4. The Kier molecular flexibility index (Phi) is 6.73. The normalized spacial score (nSPS) is 9.62. The van der Waals surface area contributed by atoms with E-state index in [1.54, 1.807) is 19.2 Å². The molecule has 21 heavy (non-hydrogen) atoms. The summed E-state index contributed by atoms with van der Waals surface area (Å²) in [5, 5.41) is 0. The minimum atomic E-state index is -0.373. The maximum absolute atomic E-state index is 13.8. The van der Waals surface area contributed by atoms with Crippen LogP contribution < -0.4 is 9.47 Å². The molecule has 0 unspecified atom stereocenters. The van der Waals surface area contributed by atoms with Crippen LogP contribution in [0.1, 0.15) is 31.9 Å². The van der Waals surface area contributed by atoms with Crippen LogP contribution in [0, 0.1) is 12.7 Å². The fraction of sp³-hybridized carbons (Fsp3) is 0.333. The SMILES string of the molecule is CC.CCc1ccc(Oc2ccc(C)cc2F)c(OC)c1. The van der Waals surface area contributed by atoms with Crippen LogP contribution in [-0.4, -0.2) is 7.11 Å². The van der Waals surface area contributed by atoms with E-state index in [1.807, 2.05) is 39.0 Å². The maximum atomic E-state index is 13.8. The molecule has 0 spiro atoms. The van der Waals surface area contributed by atoms with Crippen LogP contribution in [0.5, 0.6) is 17.2 Å². The molecule has 114 valence electrons. The van der Waals surface area contributed by atoms with Crippen molar-refractivity contribution in [2.45, 2.75) is 34.1 Å². The highest BCUT2D eigenvalue weighted by atomic mass is 19.1. The molecule has 0 bridgehead atoms. The predicted octanol–water partition coefficient (Wildman–Crippen LogP) is 5.52. The highest BCUT2D eigenvalue weighted by Gasteiger charge is 2.09. The molecule has 0 heterocycles. The van der Waals surface area contributed by atoms with Gasteiger partial charge in [-0.3, -0.25) is 0 Å². The summed E-state index contributed by atoms with van der Waals surface area (Å²) in [6.07, 6.45) is 0.912. The lowest BCUT2D eigenvalue weighted by molar-refractivity contribution is 0.370. The lowest BCUT2D eigenvalue weighted by Crippen LogP contribution is -1.94. The quantitative estimate of drug-likeness (QED) is 0.737. The van der Waals surface area contributed by atoms with Crippen molar-refractivity contribution in [3.05, 3.63) is 53.3 Å². The molecule has 2 aromatic rings. The van der Waals surface area contributed by atoms with Gasteiger partial charge in [0.1, 0.15) is 0 Å². The molecule has 0 radical (unpaired) electrons. The summed E-state index contributed by atoms with van der Waals surface area (Å²) < 4.78 is 24.6. The second-order valence-electron chi connectivity index (χ2n) is 4.37. The van der Waals surface area contributed by atoms with Gasteiger partial charge in [-0.05, 0) is 48.7 Å². The van der Waals surface area contributed by atoms with Gasteiger partial charge in [-0.25, -0.2) is 4.39 Å². The average molecular weight is 290 g/mol. The lowest BCUT2D eigenvalue weighted by Gasteiger charge is -2.12. The molecule has 2 aromatic carbocycles. The molecule has 2 rings (SSSR count). The van der Waals surface area contributed by atoms with Crippen LogP contribution in [0.4, 0.5) is 4.39 Å². The van der Waals surface area contributed by atoms with Gasteiger partial charge in [-0.1, -0.05) is 32.9 Å². The first kappa shape index (κ1) is 17.0. The van der Waals surface area contributed by atoms with Crippen LogP contribution in [0.3, 0.4) is 0 Å². The molecule has 0 aromatic heterocycles. The number of benzene rings is 2. The monoisotopic (exact) mass is 290 g/mol. The Morgan fingerprint density at radius 1 is 0.952 bits per heavy atom. The van der Waals surface area contributed by atoms with Crippen LogP contribution >= 0.6 is 0 Å². The van der Waals surface area contributed by atoms with E-state index in [0.717, 1.165) is 17.5 Å². The van der Waals surface area contributed by atoms with E-state index in [1.165, 1.54) is 6.07 Å². The van der Waals surface area contributed by atoms with Crippen molar-refractivity contribution in [2.24, 2.45) is 0 Å². The fourth-order valence-electron chi connectivity index (χ4n) is 1.82. The first-order valence-corrected chi connectivity index (χ1v) is 7.25. The molecule has 0 N–H and O–H groups in total. The summed E-state index contributed by atoms with van der Waals surface area (Å²) in [7, 11) is 1.58. The summed E-state index contributed by atoms with van der Waals surface area (Å²) in [4.78, 5) is 0. The maximum Gasteiger partial charge on any atom is 0.169 e. The van der Waals surface area contributed by atoms with Crippen LogP contribution in [-0.2, 0) is 6.42 Å². The number of halogens is 1. The fourth-order valence-corrected chi connectivity index (χ4v) is 1.82. The molecule has 3 heteroatoms. The van der Waals surface area contributed by atoms with Gasteiger partial charge >= 0.3 is 0 Å². The van der Waals surface area contributed by atoms with Crippen molar-refractivity contribution < 1.29 is 13.9 Å². The summed E-state index contributed by atoms with van der Waals surface area (Å²) in [6, 6.07) is 10.5. The summed E-state index contributed by atoms with van der Waals surface area (Å²) in [5.41, 5.74) is 2.01. The topological polar surface area (TPSA) is 18.5 Å². The Bertz CT molecular complexity index is 579. The van der Waals surface area contributed by atoms with Gasteiger partial charge in [0.25, 0.3) is 0 Å². The third-order valence-electron chi connectivity index (χ3n) is 2.94. The minimum Gasteiger partial charge on any atom is -0.493 e. The summed E-state index contributed by atoms with van der Waals surface area (Å²) in [5.74, 6) is 0.955. The Hall–Kier alpha value is -2.03. The van der Waals surface area contributed by atoms with E-state index in [9.17, 15) is 4.39 Å². The number of methoxy groups -OCH3 is 1. The van der Waals surface area contributed by atoms with Gasteiger partial charge in [0.2, 0.25) is 0 Å². The zero-order chi connectivity index (χ0) is 15.8. The van der Waals surface area contributed by atoms with E-state index in [-0.39, 0.29) is 11.6 Å². The molecular weight excluding hydrogens is 267 g/mol. The van der Waals surface area contributed by atoms with Gasteiger partial charge < -0.3 is 9.47 Å². The van der Waals surface area contributed by atoms with Gasteiger partial charge in [0.05, 0.1) is 7.11 Å². The molecule has 0 amide bonds. The largest absolute Gasteiger partial charge is 0.493 e. The Labute approximate surface area is 126 Å². The molecular formula is C18H23FO2. The highest BCUT2D eigenvalue weighted by molar-refractivity contribution is 5.45. The first-order chi connectivity index (χ1) is 10.1. The van der Waals surface area contributed by atoms with E-state index in [0.29, 0.717) is 11.5 Å². The van der Waals surface area contributed by atoms with Crippen molar-refractivity contribution in [3.63, 3.8) is 0 Å². The minimum absolute atomic E-state index is 0.202. The van der Waals surface area contributed by atoms with Gasteiger partial charge in [0.15, 0.2) is 23.1 Å². The number of hydrogen-bond donors (Lipinski definition) is 0. The molecule has 0 aliphatic carbocycles. The molecule has 0 aliphatic heterocycles. The second-order valence-corrected chi connectivity index (χ2v) is 4.37. The number of aryl methyl sites for hydroxylation is 2. The Morgan fingerprint density at radius 2 is 1.62 bits per heavy atom. The number of rotatable bonds is 4. The van der Waals surface area contributed by atoms with E-state index in [4.69, 9.17) is 9.47 Å². The zero-order valence-electron chi connectivity index (χ0n) is 13.4. The van der Waals surface area contributed by atoms with E-state index >= 15 is 0 Å². The van der Waals surface area contributed by atoms with E-state index in [2.05, 4.69) is 6.92 Å². The van der Waals surface area contributed by atoms with Crippen LogP contribution in [0.25, 0.3) is 0 Å². The number of hydrogen-bond acceptors (Lipinski definition) is 2. The first-order valence-electron chi connectivity index (χ1n) is 7.25. The molecule has 2 nitrogen and oxygen atoms in total. The highest BCUT2D eigenvalue weighted by Crippen LogP contribution is 2.33. The van der Waals surface area contributed by atoms with Gasteiger partial charge in [0, 0.05) is 0 Å². The Balaban J connectivity index is 0.00000106. The van der Waals surface area contributed by atoms with Crippen LogP contribution in [0.15, 0.2) is 36.4 Å². The van der Waals surface area contributed by atoms with Crippen molar-refractivity contribution in [1.82, 2.24) is 0 Å². The molecule has 0 saturated heterocycles. The van der Waals surface area contributed by atoms with Crippen molar-refractivity contribution in [1.29, 1.82) is 0 Å². The number of ether oxygens (including phenoxy) is 2. The van der Waals surface area contributed by atoms with Gasteiger partial charge in [-0.2, -0.15) is 0 Å².